The van der Waals surface area contributed by atoms with Gasteiger partial charge in [0, 0.05) is 44.8 Å². The highest BCUT2D eigenvalue weighted by molar-refractivity contribution is 7.89. The van der Waals surface area contributed by atoms with E-state index in [1.807, 2.05) is 23.1 Å². The number of rotatable bonds is 7. The molecule has 12 heteroatoms. The first kappa shape index (κ1) is 30.8. The number of hydrogen-bond donors (Lipinski definition) is 0. The topological polar surface area (TPSA) is 70.2 Å². The molecule has 43 heavy (non-hydrogen) atoms. The average Bonchev–Trinajstić information content (AvgIpc) is 3.00. The number of piperidine rings is 1. The van der Waals surface area contributed by atoms with Crippen molar-refractivity contribution in [2.75, 3.05) is 51.3 Å². The van der Waals surface area contributed by atoms with Crippen LogP contribution in [0.15, 0.2) is 71.6 Å². The first-order valence-electron chi connectivity index (χ1n) is 14.1. The summed E-state index contributed by atoms with van der Waals surface area (Å²) in [5, 5.41) is 0. The predicted molar refractivity (Wildman–Crippen MR) is 154 cm³/mol. The quantitative estimate of drug-likeness (QED) is 0.329. The summed E-state index contributed by atoms with van der Waals surface area (Å²) in [7, 11) is -2.29. The average molecular weight is 620 g/mol. The van der Waals surface area contributed by atoms with Gasteiger partial charge in [-0.25, -0.2) is 12.8 Å². The Kier molecular flexibility index (Phi) is 8.98. The molecule has 0 aromatic heterocycles. The molecule has 3 aromatic carbocycles. The second kappa shape index (κ2) is 12.5. The molecule has 3 aromatic rings. The van der Waals surface area contributed by atoms with E-state index >= 15 is 0 Å². The molecule has 2 fully saturated rings. The molecule has 230 valence electrons. The molecule has 1 amide bonds. The standard InChI is InChI=1S/C31H33F4N3O4S/c1-42-29-8-7-27(43(40,41)38-11-9-23(10-12-38)17-22-5-3-2-4-6-22)21-28(29)36-13-15-37(16-14-36)30(39)24-18-25(31(33,34)35)20-26(32)19-24/h2-8,18-21,23H,9-17H2,1H3. The van der Waals surface area contributed by atoms with Crippen LogP contribution in [0.5, 0.6) is 5.75 Å². The van der Waals surface area contributed by atoms with Crippen LogP contribution in [0.2, 0.25) is 0 Å². The molecule has 5 rings (SSSR count). The van der Waals surface area contributed by atoms with Crippen molar-refractivity contribution in [3.8, 4) is 5.75 Å². The van der Waals surface area contributed by atoms with E-state index in [4.69, 9.17) is 4.74 Å². The number of alkyl halides is 3. The first-order valence-corrected chi connectivity index (χ1v) is 15.5. The van der Waals surface area contributed by atoms with Crippen molar-refractivity contribution < 1.29 is 35.5 Å². The molecular weight excluding hydrogens is 586 g/mol. The Morgan fingerprint density at radius 1 is 0.907 bits per heavy atom. The minimum atomic E-state index is -4.78. The molecule has 0 atom stereocenters. The number of anilines is 1. The monoisotopic (exact) mass is 619 g/mol. The molecule has 2 aliphatic heterocycles. The van der Waals surface area contributed by atoms with Crippen LogP contribution in [0.25, 0.3) is 0 Å². The van der Waals surface area contributed by atoms with E-state index in [9.17, 15) is 30.8 Å². The minimum Gasteiger partial charge on any atom is -0.495 e. The van der Waals surface area contributed by atoms with Gasteiger partial charge in [0.15, 0.2) is 0 Å². The van der Waals surface area contributed by atoms with E-state index < -0.39 is 33.5 Å². The zero-order valence-corrected chi connectivity index (χ0v) is 24.5. The summed E-state index contributed by atoms with van der Waals surface area (Å²) < 4.78 is 87.6. The third-order valence-corrected chi connectivity index (χ3v) is 10.0. The van der Waals surface area contributed by atoms with Crippen LogP contribution in [0.3, 0.4) is 0 Å². The predicted octanol–water partition coefficient (Wildman–Crippen LogP) is 5.46. The van der Waals surface area contributed by atoms with Gasteiger partial charge in [-0.3, -0.25) is 4.79 Å². The van der Waals surface area contributed by atoms with Crippen molar-refractivity contribution >= 4 is 21.6 Å². The molecular formula is C31H33F4N3O4S. The summed E-state index contributed by atoms with van der Waals surface area (Å²) >= 11 is 0. The largest absolute Gasteiger partial charge is 0.495 e. The van der Waals surface area contributed by atoms with E-state index in [1.54, 1.807) is 12.1 Å². The molecule has 2 heterocycles. The number of piperazine rings is 1. The number of halogens is 4. The lowest BCUT2D eigenvalue weighted by Crippen LogP contribution is -2.49. The van der Waals surface area contributed by atoms with Gasteiger partial charge in [-0.05, 0) is 67.1 Å². The molecule has 2 saturated heterocycles. The van der Waals surface area contributed by atoms with Gasteiger partial charge in [-0.1, -0.05) is 30.3 Å². The lowest BCUT2D eigenvalue weighted by atomic mass is 9.91. The van der Waals surface area contributed by atoms with Gasteiger partial charge >= 0.3 is 6.18 Å². The van der Waals surface area contributed by atoms with Gasteiger partial charge in [-0.2, -0.15) is 17.5 Å². The number of carbonyl (C=O) groups excluding carboxylic acids is 1. The van der Waals surface area contributed by atoms with Gasteiger partial charge in [0.1, 0.15) is 11.6 Å². The second-order valence-corrected chi connectivity index (χ2v) is 12.8. The Bertz CT molecular complexity index is 1550. The van der Waals surface area contributed by atoms with Crippen molar-refractivity contribution in [1.82, 2.24) is 9.21 Å². The number of nitrogens with zero attached hydrogens (tertiary/aromatic N) is 3. The Hall–Kier alpha value is -3.64. The number of sulfonamides is 1. The Balaban J connectivity index is 1.26. The number of benzene rings is 3. The zero-order valence-electron chi connectivity index (χ0n) is 23.7. The highest BCUT2D eigenvalue weighted by Gasteiger charge is 2.34. The van der Waals surface area contributed by atoms with Crippen molar-refractivity contribution in [1.29, 1.82) is 0 Å². The molecule has 7 nitrogen and oxygen atoms in total. The van der Waals surface area contributed by atoms with Crippen LogP contribution in [-0.4, -0.2) is 69.9 Å². The van der Waals surface area contributed by atoms with Crippen LogP contribution in [-0.2, 0) is 22.6 Å². The normalized spacial score (nSPS) is 17.2. The molecule has 2 aliphatic rings. The van der Waals surface area contributed by atoms with Gasteiger partial charge in [0.05, 0.1) is 23.3 Å². The Morgan fingerprint density at radius 3 is 2.21 bits per heavy atom. The van der Waals surface area contributed by atoms with Crippen LogP contribution >= 0.6 is 0 Å². The van der Waals surface area contributed by atoms with E-state index in [0.29, 0.717) is 42.6 Å². The SMILES string of the molecule is COc1ccc(S(=O)(=O)N2CCC(Cc3ccccc3)CC2)cc1N1CCN(C(=O)c2cc(F)cc(C(F)(F)F)c2)CC1. The molecule has 0 radical (unpaired) electrons. The number of hydrogen-bond acceptors (Lipinski definition) is 5. The number of amides is 1. The number of ether oxygens (including phenoxy) is 1. The van der Waals surface area contributed by atoms with Gasteiger partial charge in [0.25, 0.3) is 5.91 Å². The lowest BCUT2D eigenvalue weighted by Gasteiger charge is -2.37. The van der Waals surface area contributed by atoms with Crippen LogP contribution in [0.1, 0.15) is 34.3 Å². The Labute approximate surface area is 248 Å². The second-order valence-electron chi connectivity index (χ2n) is 10.9. The van der Waals surface area contributed by atoms with Crippen molar-refractivity contribution in [2.24, 2.45) is 5.92 Å². The van der Waals surface area contributed by atoms with Crippen molar-refractivity contribution in [2.45, 2.75) is 30.3 Å². The van der Waals surface area contributed by atoms with Gasteiger partial charge in [0.2, 0.25) is 10.0 Å². The maximum absolute atomic E-state index is 13.9. The van der Waals surface area contributed by atoms with E-state index in [-0.39, 0.29) is 36.6 Å². The molecule has 0 saturated carbocycles. The number of methoxy groups -OCH3 is 1. The molecule has 0 unspecified atom stereocenters. The fraction of sp³-hybridized carbons (Fsp3) is 0.387. The summed E-state index contributed by atoms with van der Waals surface area (Å²) in [4.78, 5) is 16.3. The zero-order chi connectivity index (χ0) is 30.8. The van der Waals surface area contributed by atoms with Gasteiger partial charge in [-0.15, -0.1) is 0 Å². The van der Waals surface area contributed by atoms with Crippen LogP contribution < -0.4 is 9.64 Å². The Morgan fingerprint density at radius 2 is 1.58 bits per heavy atom. The smallest absolute Gasteiger partial charge is 0.416 e. The fourth-order valence-corrected chi connectivity index (χ4v) is 7.23. The third-order valence-electron chi connectivity index (χ3n) is 8.11. The molecule has 0 spiro atoms. The minimum absolute atomic E-state index is 0.141. The summed E-state index contributed by atoms with van der Waals surface area (Å²) in [6, 6.07) is 16.7. The highest BCUT2D eigenvalue weighted by Crippen LogP contribution is 2.35. The summed E-state index contributed by atoms with van der Waals surface area (Å²) in [5.41, 5.74) is 0.184. The van der Waals surface area contributed by atoms with E-state index in [1.165, 1.54) is 27.9 Å². The van der Waals surface area contributed by atoms with E-state index in [2.05, 4.69) is 12.1 Å². The maximum Gasteiger partial charge on any atom is 0.416 e. The molecule has 0 N–H and O–H groups in total. The van der Waals surface area contributed by atoms with Crippen LogP contribution in [0.4, 0.5) is 23.2 Å². The van der Waals surface area contributed by atoms with Crippen LogP contribution in [0, 0.1) is 11.7 Å². The highest BCUT2D eigenvalue weighted by atomic mass is 32.2. The summed E-state index contributed by atoms with van der Waals surface area (Å²) in [6.07, 6.45) is -2.33. The van der Waals surface area contributed by atoms with Gasteiger partial charge < -0.3 is 14.5 Å². The van der Waals surface area contributed by atoms with Crippen molar-refractivity contribution in [3.63, 3.8) is 0 Å². The van der Waals surface area contributed by atoms with E-state index in [0.717, 1.165) is 25.3 Å². The summed E-state index contributed by atoms with van der Waals surface area (Å²) in [6.45, 7) is 1.70. The third kappa shape index (κ3) is 6.96. The maximum atomic E-state index is 13.9. The molecule has 0 bridgehead atoms. The lowest BCUT2D eigenvalue weighted by molar-refractivity contribution is -0.137. The fourth-order valence-electron chi connectivity index (χ4n) is 5.74. The molecule has 0 aliphatic carbocycles. The van der Waals surface area contributed by atoms with Crippen molar-refractivity contribution in [3.05, 3.63) is 89.2 Å². The first-order chi connectivity index (χ1) is 20.5. The summed E-state index contributed by atoms with van der Waals surface area (Å²) in [5.74, 6) is -0.976. The number of carbonyl (C=O) groups is 1.